The van der Waals surface area contributed by atoms with E-state index in [2.05, 4.69) is 15.7 Å². The molecule has 1 aliphatic rings. The lowest BCUT2D eigenvalue weighted by Gasteiger charge is -2.14. The summed E-state index contributed by atoms with van der Waals surface area (Å²) in [6.07, 6.45) is 5.40. The van der Waals surface area contributed by atoms with Crippen LogP contribution in [0.4, 0.5) is 4.39 Å². The topological polar surface area (TPSA) is 62.4 Å². The molecule has 5 heteroatoms. The van der Waals surface area contributed by atoms with Crippen LogP contribution in [0.1, 0.15) is 31.2 Å². The average molecular weight is 264 g/mol. The maximum atomic E-state index is 13.4. The van der Waals surface area contributed by atoms with Crippen LogP contribution >= 0.6 is 0 Å². The Morgan fingerprint density at radius 1 is 1.32 bits per heavy atom. The van der Waals surface area contributed by atoms with Gasteiger partial charge in [-0.05, 0) is 30.9 Å². The van der Waals surface area contributed by atoms with Crippen LogP contribution in [-0.4, -0.2) is 18.5 Å². The van der Waals surface area contributed by atoms with Gasteiger partial charge in [-0.2, -0.15) is 0 Å². The summed E-state index contributed by atoms with van der Waals surface area (Å²) in [4.78, 5) is 4.34. The Balaban J connectivity index is 1.83. The van der Waals surface area contributed by atoms with E-state index in [0.29, 0.717) is 30.5 Å². The van der Waals surface area contributed by atoms with Crippen LogP contribution in [0.25, 0.3) is 0 Å². The van der Waals surface area contributed by atoms with Crippen molar-refractivity contribution >= 4 is 5.96 Å². The minimum atomic E-state index is -0.177. The highest BCUT2D eigenvalue weighted by Crippen LogP contribution is 2.17. The molecule has 0 aliphatic heterocycles. The number of nitrogens with one attached hydrogen (secondary N) is 2. The largest absolute Gasteiger partial charge is 0.353 e. The third-order valence-corrected chi connectivity index (χ3v) is 3.44. The molecular weight excluding hydrogens is 243 g/mol. The maximum Gasteiger partial charge on any atom is 0.205 e. The molecule has 0 unspecified atom stereocenters. The SMILES string of the molecule is NNC(=NCCc1ccccc1F)NC1CCCC1. The normalized spacial score (nSPS) is 16.6. The molecule has 1 aliphatic carbocycles. The van der Waals surface area contributed by atoms with Crippen LogP contribution in [0.3, 0.4) is 0 Å². The molecule has 1 aromatic carbocycles. The number of benzene rings is 1. The van der Waals surface area contributed by atoms with Gasteiger partial charge in [-0.1, -0.05) is 31.0 Å². The van der Waals surface area contributed by atoms with Crippen molar-refractivity contribution in [3.05, 3.63) is 35.6 Å². The number of rotatable bonds is 4. The smallest absolute Gasteiger partial charge is 0.205 e. The van der Waals surface area contributed by atoms with E-state index in [1.54, 1.807) is 12.1 Å². The fourth-order valence-electron chi connectivity index (χ4n) is 2.39. The molecule has 1 saturated carbocycles. The van der Waals surface area contributed by atoms with E-state index in [1.165, 1.54) is 18.9 Å². The maximum absolute atomic E-state index is 13.4. The standard InChI is InChI=1S/C14H21FN4/c15-13-8-4-1-5-11(13)9-10-17-14(19-16)18-12-6-2-3-7-12/h1,4-5,8,12H,2-3,6-7,9-10,16H2,(H2,17,18,19). The Hall–Kier alpha value is -1.62. The molecule has 1 aromatic rings. The minimum absolute atomic E-state index is 0.177. The molecule has 0 atom stereocenters. The molecule has 19 heavy (non-hydrogen) atoms. The van der Waals surface area contributed by atoms with Crippen molar-refractivity contribution in [1.29, 1.82) is 0 Å². The zero-order valence-corrected chi connectivity index (χ0v) is 11.0. The monoisotopic (exact) mass is 264 g/mol. The number of hydrogen-bond acceptors (Lipinski definition) is 2. The van der Waals surface area contributed by atoms with Crippen LogP contribution in [0.5, 0.6) is 0 Å². The summed E-state index contributed by atoms with van der Waals surface area (Å²) in [6, 6.07) is 7.24. The van der Waals surface area contributed by atoms with Gasteiger partial charge in [-0.15, -0.1) is 0 Å². The molecule has 0 heterocycles. The van der Waals surface area contributed by atoms with Crippen molar-refractivity contribution in [2.75, 3.05) is 6.54 Å². The summed E-state index contributed by atoms with van der Waals surface area (Å²) in [5.74, 6) is 5.87. The van der Waals surface area contributed by atoms with Crippen LogP contribution in [0.15, 0.2) is 29.3 Å². The Labute approximate surface area is 113 Å². The summed E-state index contributed by atoms with van der Waals surface area (Å²) < 4.78 is 13.4. The van der Waals surface area contributed by atoms with Crippen molar-refractivity contribution in [3.8, 4) is 0 Å². The van der Waals surface area contributed by atoms with Gasteiger partial charge < -0.3 is 5.32 Å². The second kappa shape index (κ2) is 7.09. The molecule has 0 radical (unpaired) electrons. The van der Waals surface area contributed by atoms with Crippen molar-refractivity contribution in [1.82, 2.24) is 10.7 Å². The average Bonchev–Trinajstić information content (AvgIpc) is 2.92. The Morgan fingerprint density at radius 3 is 2.74 bits per heavy atom. The third kappa shape index (κ3) is 4.21. The fourth-order valence-corrected chi connectivity index (χ4v) is 2.39. The Kier molecular flexibility index (Phi) is 5.15. The summed E-state index contributed by atoms with van der Waals surface area (Å²) >= 11 is 0. The van der Waals surface area contributed by atoms with Gasteiger partial charge in [0.1, 0.15) is 5.82 Å². The zero-order valence-electron chi connectivity index (χ0n) is 11.0. The molecule has 0 amide bonds. The van der Waals surface area contributed by atoms with Gasteiger partial charge in [0, 0.05) is 12.6 Å². The predicted octanol–water partition coefficient (Wildman–Crippen LogP) is 1.72. The molecule has 4 nitrogen and oxygen atoms in total. The van der Waals surface area contributed by atoms with Gasteiger partial charge >= 0.3 is 0 Å². The Morgan fingerprint density at radius 2 is 2.05 bits per heavy atom. The van der Waals surface area contributed by atoms with Crippen LogP contribution < -0.4 is 16.6 Å². The molecule has 0 spiro atoms. The van der Waals surface area contributed by atoms with Crippen LogP contribution in [0, 0.1) is 5.82 Å². The summed E-state index contributed by atoms with van der Waals surface area (Å²) in [5.41, 5.74) is 3.26. The number of aliphatic imine (C=N–C) groups is 1. The zero-order chi connectivity index (χ0) is 13.5. The molecule has 0 aromatic heterocycles. The van der Waals surface area contributed by atoms with Gasteiger partial charge in [0.15, 0.2) is 0 Å². The first-order chi connectivity index (χ1) is 9.29. The molecule has 2 rings (SSSR count). The van der Waals surface area contributed by atoms with E-state index in [1.807, 2.05) is 6.07 Å². The highest BCUT2D eigenvalue weighted by Gasteiger charge is 2.15. The number of nitrogens with two attached hydrogens (primary N) is 1. The predicted molar refractivity (Wildman–Crippen MR) is 75.1 cm³/mol. The summed E-state index contributed by atoms with van der Waals surface area (Å²) in [7, 11) is 0. The van der Waals surface area contributed by atoms with Crippen molar-refractivity contribution in [2.24, 2.45) is 10.8 Å². The lowest BCUT2D eigenvalue weighted by Crippen LogP contribution is -2.45. The van der Waals surface area contributed by atoms with E-state index in [0.717, 1.165) is 12.8 Å². The number of hydrogen-bond donors (Lipinski definition) is 3. The highest BCUT2D eigenvalue weighted by molar-refractivity contribution is 5.79. The van der Waals surface area contributed by atoms with Gasteiger partial charge in [0.25, 0.3) is 0 Å². The lowest BCUT2D eigenvalue weighted by atomic mass is 10.1. The molecule has 0 bridgehead atoms. The van der Waals surface area contributed by atoms with Crippen molar-refractivity contribution in [3.63, 3.8) is 0 Å². The van der Waals surface area contributed by atoms with Crippen molar-refractivity contribution < 1.29 is 4.39 Å². The van der Waals surface area contributed by atoms with Crippen LogP contribution in [0.2, 0.25) is 0 Å². The van der Waals surface area contributed by atoms with Gasteiger partial charge in [0.2, 0.25) is 5.96 Å². The van der Waals surface area contributed by atoms with Crippen LogP contribution in [-0.2, 0) is 6.42 Å². The molecule has 1 fully saturated rings. The van der Waals surface area contributed by atoms with Gasteiger partial charge in [-0.25, -0.2) is 10.2 Å². The number of halogens is 1. The summed E-state index contributed by atoms with van der Waals surface area (Å²) in [6.45, 7) is 0.514. The lowest BCUT2D eigenvalue weighted by molar-refractivity contribution is 0.605. The van der Waals surface area contributed by atoms with Crippen molar-refractivity contribution in [2.45, 2.75) is 38.1 Å². The number of guanidine groups is 1. The Bertz CT molecular complexity index is 427. The fraction of sp³-hybridized carbons (Fsp3) is 0.500. The second-order valence-electron chi connectivity index (χ2n) is 4.84. The molecular formula is C14H21FN4. The van der Waals surface area contributed by atoms with E-state index < -0.39 is 0 Å². The van der Waals surface area contributed by atoms with Gasteiger partial charge in [-0.3, -0.25) is 10.4 Å². The van der Waals surface area contributed by atoms with E-state index in [9.17, 15) is 4.39 Å². The van der Waals surface area contributed by atoms with E-state index in [4.69, 9.17) is 5.84 Å². The third-order valence-electron chi connectivity index (χ3n) is 3.44. The highest BCUT2D eigenvalue weighted by atomic mass is 19.1. The first kappa shape index (κ1) is 13.8. The first-order valence-corrected chi connectivity index (χ1v) is 6.80. The second-order valence-corrected chi connectivity index (χ2v) is 4.84. The first-order valence-electron chi connectivity index (χ1n) is 6.80. The number of nitrogens with zero attached hydrogens (tertiary/aromatic N) is 1. The molecule has 0 saturated heterocycles. The van der Waals surface area contributed by atoms with E-state index in [-0.39, 0.29) is 5.82 Å². The van der Waals surface area contributed by atoms with E-state index >= 15 is 0 Å². The minimum Gasteiger partial charge on any atom is -0.353 e. The quantitative estimate of drug-likeness (QED) is 0.336. The molecule has 4 N–H and O–H groups in total. The van der Waals surface area contributed by atoms with Gasteiger partial charge in [0.05, 0.1) is 0 Å². The number of hydrazine groups is 1. The molecule has 104 valence electrons. The summed E-state index contributed by atoms with van der Waals surface area (Å²) in [5, 5.41) is 3.29.